The summed E-state index contributed by atoms with van der Waals surface area (Å²) in [6, 6.07) is 33.6. The van der Waals surface area contributed by atoms with Crippen molar-refractivity contribution >= 4 is 135 Å². The molecule has 8 heterocycles. The number of para-hydroxylation sites is 3. The highest BCUT2D eigenvalue weighted by molar-refractivity contribution is 8.00. The molecule has 0 atom stereocenters. The van der Waals surface area contributed by atoms with Gasteiger partial charge in [-0.15, -0.1) is 24.0 Å². The molecule has 5 saturated heterocycles. The van der Waals surface area contributed by atoms with Gasteiger partial charge in [-0.3, -0.25) is 34.3 Å². The average Bonchev–Trinajstić information content (AvgIpc) is 1.29. The number of hydrogen-bond acceptors (Lipinski definition) is 16. The summed E-state index contributed by atoms with van der Waals surface area (Å²) in [5.41, 5.74) is -0.569. The van der Waals surface area contributed by atoms with Crippen LogP contribution in [0.15, 0.2) is 157 Å². The number of carbonyl (C=O) groups excluding carboxylic acids is 7. The van der Waals surface area contributed by atoms with Crippen LogP contribution in [-0.2, 0) is 42.4 Å². The van der Waals surface area contributed by atoms with E-state index in [1.54, 1.807) is 11.0 Å². The summed E-state index contributed by atoms with van der Waals surface area (Å²) in [7, 11) is 1.00. The maximum atomic E-state index is 13.4. The van der Waals surface area contributed by atoms with E-state index in [0.29, 0.717) is 127 Å². The van der Waals surface area contributed by atoms with E-state index >= 15 is 0 Å². The van der Waals surface area contributed by atoms with E-state index in [0.717, 1.165) is 91.0 Å². The number of nitrogens with one attached hydrogen (secondary N) is 4. The molecule has 592 valence electrons. The first kappa shape index (κ1) is 84.4. The number of aliphatic hydroxyl groups is 1. The molecule has 9 amide bonds. The number of rotatable bonds is 11. The van der Waals surface area contributed by atoms with Gasteiger partial charge >= 0.3 is 36.7 Å². The van der Waals surface area contributed by atoms with Crippen LogP contribution < -0.4 is 36.0 Å². The van der Waals surface area contributed by atoms with Crippen LogP contribution >= 0.6 is 59.3 Å². The molecule has 8 aliphatic heterocycles. The normalized spacial score (nSPS) is 18.4. The number of amides is 9. The van der Waals surface area contributed by atoms with Crippen molar-refractivity contribution in [1.29, 1.82) is 0 Å². The summed E-state index contributed by atoms with van der Waals surface area (Å²) in [6.45, 7) is 9.49. The molecule has 0 bridgehead atoms. The number of likely N-dealkylation sites (tertiary alicyclic amines) is 1. The van der Waals surface area contributed by atoms with Crippen LogP contribution in [0.2, 0.25) is 0 Å². The minimum absolute atomic E-state index is 0. The van der Waals surface area contributed by atoms with Crippen LogP contribution in [0.4, 0.5) is 88.0 Å². The van der Waals surface area contributed by atoms with E-state index in [-0.39, 0.29) is 67.7 Å². The zero-order chi connectivity index (χ0) is 78.4. The fraction of sp³-hybridized carbons (Fsp3) is 0.442. The van der Waals surface area contributed by atoms with Crippen LogP contribution in [0.1, 0.15) is 121 Å². The number of piperidine rings is 2. The van der Waals surface area contributed by atoms with Crippen LogP contribution in [0.3, 0.4) is 0 Å². The number of ether oxygens (including phenoxy) is 1. The lowest BCUT2D eigenvalue weighted by atomic mass is 9.77. The Kier molecular flexibility index (Phi) is 26.8. The molecule has 15 rings (SSSR count). The maximum Gasteiger partial charge on any atom is 0.416 e. The van der Waals surface area contributed by atoms with Crippen LogP contribution in [-0.4, -0.2) is 150 Å². The Morgan fingerprint density at radius 1 is 0.482 bits per heavy atom. The molecule has 5 N–H and O–H groups in total. The second-order valence-corrected chi connectivity index (χ2v) is 32.1. The largest absolute Gasteiger partial charge is 0.444 e. The number of imide groups is 3. The van der Waals surface area contributed by atoms with Gasteiger partial charge in [0.05, 0.1) is 56.2 Å². The second-order valence-electron chi connectivity index (χ2n) is 28.5. The Morgan fingerprint density at radius 2 is 0.836 bits per heavy atom. The molecule has 1 saturated carbocycles. The third kappa shape index (κ3) is 18.8. The number of benzene rings is 6. The Bertz CT molecular complexity index is 4210. The number of fused-ring (bicyclic) bond motifs is 6. The van der Waals surface area contributed by atoms with Crippen LogP contribution in [0, 0.1) is 5.41 Å². The summed E-state index contributed by atoms with van der Waals surface area (Å²) in [4.78, 5) is 101. The molecule has 6 aromatic carbocycles. The van der Waals surface area contributed by atoms with Crippen molar-refractivity contribution in [2.75, 3.05) is 86.6 Å². The summed E-state index contributed by atoms with van der Waals surface area (Å²) >= 11 is 10.1. The molecule has 3 spiro atoms. The molecule has 0 unspecified atom stereocenters. The molecule has 6 aromatic rings. The van der Waals surface area contributed by atoms with Crippen molar-refractivity contribution in [3.05, 3.63) is 144 Å². The fourth-order valence-corrected chi connectivity index (χ4v) is 18.1. The zero-order valence-electron chi connectivity index (χ0n) is 60.7. The van der Waals surface area contributed by atoms with E-state index < -0.39 is 63.3 Å². The summed E-state index contributed by atoms with van der Waals surface area (Å²) in [5.74, 6) is -0.304. The SMILES string of the molecule is CC(C)(C)OC(=O)N1CCC2(CC1)CC(=O)NC2=O.CO.Cl.FC(F)(F)c1ccc2c(c1)N(CCCCl)c1ccccc1S2.O=C1NC2(CCCCC2)C(=O)N1CCCN1c2ccccc2Sc2ccc(C(F)(F)F)cc21.O=C1NC2(CCNCC2)C(=O)N1CCCN1c2ccccc2Sc2ccc(C(F)(F)F)cc21. The van der Waals surface area contributed by atoms with E-state index in [1.807, 2.05) is 108 Å². The van der Waals surface area contributed by atoms with Crippen molar-refractivity contribution in [2.45, 2.75) is 169 Å². The molecular weight excluding hydrogens is 1550 g/mol. The number of aliphatic hydroxyl groups excluding tert-OH is 1. The minimum Gasteiger partial charge on any atom is -0.444 e. The van der Waals surface area contributed by atoms with Gasteiger partial charge in [-0.2, -0.15) is 39.5 Å². The first-order valence-electron chi connectivity index (χ1n) is 35.9. The lowest BCUT2D eigenvalue weighted by Gasteiger charge is -2.37. The lowest BCUT2D eigenvalue weighted by Crippen LogP contribution is -2.53. The molecule has 0 radical (unpaired) electrons. The van der Waals surface area contributed by atoms with Gasteiger partial charge in [-0.05, 0) is 183 Å². The molecule has 19 nitrogen and oxygen atoms in total. The van der Waals surface area contributed by atoms with Crippen molar-refractivity contribution in [3.8, 4) is 0 Å². The summed E-state index contributed by atoms with van der Waals surface area (Å²) < 4.78 is 125. The number of anilines is 6. The number of urea groups is 2. The van der Waals surface area contributed by atoms with Crippen LogP contribution in [0.25, 0.3) is 0 Å². The minimum atomic E-state index is -4.44. The number of halogens is 11. The first-order chi connectivity index (χ1) is 51.8. The smallest absolute Gasteiger partial charge is 0.416 e. The topological polar surface area (TPSA) is 217 Å². The third-order valence-electron chi connectivity index (χ3n) is 20.2. The van der Waals surface area contributed by atoms with Gasteiger partial charge in [0.15, 0.2) is 0 Å². The first-order valence-corrected chi connectivity index (χ1v) is 38.9. The van der Waals surface area contributed by atoms with E-state index in [2.05, 4.69) is 21.3 Å². The van der Waals surface area contributed by atoms with E-state index in [4.69, 9.17) is 21.4 Å². The predicted molar refractivity (Wildman–Crippen MR) is 405 cm³/mol. The molecular formula is C77H85Cl2F9N10O9S3. The van der Waals surface area contributed by atoms with Gasteiger partial charge in [0, 0.05) is 94.6 Å². The van der Waals surface area contributed by atoms with Crippen LogP contribution in [0.5, 0.6) is 0 Å². The van der Waals surface area contributed by atoms with Crippen molar-refractivity contribution < 1.29 is 82.9 Å². The number of hydrogen-bond donors (Lipinski definition) is 5. The summed E-state index contributed by atoms with van der Waals surface area (Å²) in [5, 5.41) is 18.3. The Hall–Kier alpha value is -8.07. The van der Waals surface area contributed by atoms with Gasteiger partial charge in [0.2, 0.25) is 11.8 Å². The standard InChI is InChI=1S/C24H24F3N3O2S.C23H23F3N4O2S.C16H13ClF3NS.C13H20N2O4.CH4O.ClH/c25-24(26,27)16-9-10-20-18(15-16)29(17-7-2-3-8-19(17)33-20)13-6-14-30-21(31)23(28-22(30)32)11-4-1-5-12-23;24-23(25,26)15-6-7-19-17(14-15)29(16-4-1-2-5-18(16)33-19)12-3-13-30-20(31)22(28-21(30)32)8-10-27-11-9-22;17-8-3-9-21-12-4-1-2-5-14(12)22-15-7-6-11(10-13(15)21)16(18,19)20;1-12(2,3)19-11(18)15-6-4-13(5-7-15)8-9(16)14-10(13)17;1-2;/h2-3,7-10,15H,1,4-6,11-14H2,(H,28,32);1-2,4-7,14,27H,3,8-13H2,(H,28,32);1-2,4-7,10H,3,8-9H2;4-8H2,1-3H3,(H,14,16,17);2H,1H3;1H. The van der Waals surface area contributed by atoms with Crippen molar-refractivity contribution in [3.63, 3.8) is 0 Å². The van der Waals surface area contributed by atoms with Gasteiger partial charge < -0.3 is 45.4 Å². The third-order valence-corrected chi connectivity index (χ3v) is 23.8. The molecule has 1 aliphatic carbocycles. The van der Waals surface area contributed by atoms with E-state index in [1.165, 1.54) is 75.4 Å². The van der Waals surface area contributed by atoms with Crippen molar-refractivity contribution in [2.24, 2.45) is 5.41 Å². The molecule has 9 aliphatic rings. The number of carbonyl (C=O) groups is 7. The van der Waals surface area contributed by atoms with Crippen molar-refractivity contribution in [1.82, 2.24) is 36.0 Å². The Labute approximate surface area is 655 Å². The second kappa shape index (κ2) is 34.9. The fourth-order valence-electron chi connectivity index (χ4n) is 14.7. The predicted octanol–water partition coefficient (Wildman–Crippen LogP) is 17.3. The van der Waals surface area contributed by atoms with Gasteiger partial charge in [-0.1, -0.05) is 90.9 Å². The Balaban J connectivity index is 0.000000158. The lowest BCUT2D eigenvalue weighted by molar-refractivity contribution is -0.138. The quantitative estimate of drug-likeness (QED) is 0.0353. The molecule has 33 heteroatoms. The maximum absolute atomic E-state index is 13.4. The Morgan fingerprint density at radius 3 is 1.19 bits per heavy atom. The number of alkyl halides is 10. The zero-order valence-corrected chi connectivity index (χ0v) is 64.7. The van der Waals surface area contributed by atoms with E-state index in [9.17, 15) is 73.1 Å². The van der Waals surface area contributed by atoms with Gasteiger partial charge in [0.1, 0.15) is 16.7 Å². The highest BCUT2D eigenvalue weighted by Crippen LogP contribution is 2.53. The number of nitrogens with zero attached hydrogens (tertiary/aromatic N) is 6. The monoisotopic (exact) mass is 1630 g/mol. The summed E-state index contributed by atoms with van der Waals surface area (Å²) in [6.07, 6.45) is -5.36. The van der Waals surface area contributed by atoms with Gasteiger partial charge in [0.25, 0.3) is 11.8 Å². The highest BCUT2D eigenvalue weighted by atomic mass is 35.5. The molecule has 110 heavy (non-hydrogen) atoms. The molecule has 6 fully saturated rings. The van der Waals surface area contributed by atoms with Gasteiger partial charge in [-0.25, -0.2) is 14.4 Å². The highest BCUT2D eigenvalue weighted by Gasteiger charge is 2.53. The average molecular weight is 1630 g/mol. The molecule has 0 aromatic heterocycles.